The van der Waals surface area contributed by atoms with Crippen molar-refractivity contribution < 1.29 is 14.3 Å². The minimum absolute atomic E-state index is 0.473. The molecule has 0 aliphatic rings. The monoisotopic (exact) mass is 274 g/mol. The van der Waals surface area contributed by atoms with Crippen LogP contribution in [0.5, 0.6) is 0 Å². The Bertz CT molecular complexity index is 451. The van der Waals surface area contributed by atoms with Crippen LogP contribution in [0.1, 0.15) is 45.1 Å². The predicted molar refractivity (Wildman–Crippen MR) is 80.2 cm³/mol. The molecule has 0 N–H and O–H groups in total. The summed E-state index contributed by atoms with van der Waals surface area (Å²) >= 11 is 0. The van der Waals surface area contributed by atoms with E-state index in [-0.39, 0.29) is 0 Å². The van der Waals surface area contributed by atoms with E-state index in [9.17, 15) is 9.59 Å². The largest absolute Gasteiger partial charge is 0.448 e. The molecule has 20 heavy (non-hydrogen) atoms. The van der Waals surface area contributed by atoms with E-state index in [1.165, 1.54) is 6.08 Å². The lowest BCUT2D eigenvalue weighted by molar-refractivity contribution is -0.159. The van der Waals surface area contributed by atoms with Crippen LogP contribution in [0.15, 0.2) is 36.4 Å². The van der Waals surface area contributed by atoms with Crippen LogP contribution in [-0.2, 0) is 14.3 Å². The molecule has 0 aromatic heterocycles. The SMILES string of the molecule is CCCCC(C=O)(CC)OC(=O)/C=C/c1ccccc1. The molecule has 1 rings (SSSR count). The van der Waals surface area contributed by atoms with E-state index in [0.29, 0.717) is 12.8 Å². The van der Waals surface area contributed by atoms with Gasteiger partial charge in [0.2, 0.25) is 0 Å². The molecule has 0 amide bonds. The molecule has 1 unspecified atom stereocenters. The van der Waals surface area contributed by atoms with Gasteiger partial charge in [0.25, 0.3) is 0 Å². The van der Waals surface area contributed by atoms with Crippen molar-refractivity contribution in [3.05, 3.63) is 42.0 Å². The van der Waals surface area contributed by atoms with Gasteiger partial charge in [0.05, 0.1) is 0 Å². The Morgan fingerprint density at radius 3 is 2.50 bits per heavy atom. The smallest absolute Gasteiger partial charge is 0.331 e. The van der Waals surface area contributed by atoms with Gasteiger partial charge in [0.1, 0.15) is 0 Å². The second kappa shape index (κ2) is 8.31. The highest BCUT2D eigenvalue weighted by molar-refractivity contribution is 5.88. The first-order valence-corrected chi connectivity index (χ1v) is 7.08. The Morgan fingerprint density at radius 2 is 1.95 bits per heavy atom. The summed E-state index contributed by atoms with van der Waals surface area (Å²) in [6.07, 6.45) is 6.73. The van der Waals surface area contributed by atoms with Crippen LogP contribution in [0.2, 0.25) is 0 Å². The molecule has 0 aliphatic carbocycles. The number of aldehydes is 1. The lowest BCUT2D eigenvalue weighted by Crippen LogP contribution is -2.35. The van der Waals surface area contributed by atoms with Crippen LogP contribution >= 0.6 is 0 Å². The second-order valence-electron chi connectivity index (χ2n) is 4.80. The molecule has 0 heterocycles. The quantitative estimate of drug-likeness (QED) is 0.411. The first kappa shape index (κ1) is 16.2. The fourth-order valence-corrected chi connectivity index (χ4v) is 1.91. The fourth-order valence-electron chi connectivity index (χ4n) is 1.91. The Balaban J connectivity index is 2.66. The van der Waals surface area contributed by atoms with Gasteiger partial charge in [-0.25, -0.2) is 4.79 Å². The zero-order chi connectivity index (χ0) is 14.8. The number of rotatable bonds is 8. The summed E-state index contributed by atoms with van der Waals surface area (Å²) in [6, 6.07) is 9.50. The maximum Gasteiger partial charge on any atom is 0.331 e. The summed E-state index contributed by atoms with van der Waals surface area (Å²) in [7, 11) is 0. The summed E-state index contributed by atoms with van der Waals surface area (Å²) in [5.74, 6) is -0.473. The van der Waals surface area contributed by atoms with Gasteiger partial charge in [0, 0.05) is 6.08 Å². The van der Waals surface area contributed by atoms with Gasteiger partial charge in [-0.3, -0.25) is 4.79 Å². The third-order valence-electron chi connectivity index (χ3n) is 3.28. The van der Waals surface area contributed by atoms with Gasteiger partial charge < -0.3 is 4.74 Å². The molecule has 1 aromatic carbocycles. The molecule has 1 aromatic rings. The molecule has 1 atom stereocenters. The highest BCUT2D eigenvalue weighted by atomic mass is 16.6. The summed E-state index contributed by atoms with van der Waals surface area (Å²) in [5, 5.41) is 0. The van der Waals surface area contributed by atoms with Crippen molar-refractivity contribution in [1.82, 2.24) is 0 Å². The molecule has 0 bridgehead atoms. The number of benzene rings is 1. The topological polar surface area (TPSA) is 43.4 Å². The number of ether oxygens (including phenoxy) is 1. The highest BCUT2D eigenvalue weighted by Crippen LogP contribution is 2.21. The van der Waals surface area contributed by atoms with Gasteiger partial charge in [-0.2, -0.15) is 0 Å². The summed E-state index contributed by atoms with van der Waals surface area (Å²) in [6.45, 7) is 3.90. The van der Waals surface area contributed by atoms with E-state index >= 15 is 0 Å². The maximum atomic E-state index is 11.8. The average Bonchev–Trinajstić information content (AvgIpc) is 2.50. The second-order valence-corrected chi connectivity index (χ2v) is 4.80. The van der Waals surface area contributed by atoms with Gasteiger partial charge >= 0.3 is 5.97 Å². The van der Waals surface area contributed by atoms with E-state index in [1.54, 1.807) is 6.08 Å². The first-order valence-electron chi connectivity index (χ1n) is 7.08. The van der Waals surface area contributed by atoms with E-state index in [4.69, 9.17) is 4.74 Å². The molecular weight excluding hydrogens is 252 g/mol. The van der Waals surface area contributed by atoms with Gasteiger partial charge in [0.15, 0.2) is 11.9 Å². The molecular formula is C17H22O3. The van der Waals surface area contributed by atoms with Gasteiger partial charge in [-0.1, -0.05) is 50.6 Å². The van der Waals surface area contributed by atoms with Crippen LogP contribution in [0.25, 0.3) is 6.08 Å². The molecule has 0 radical (unpaired) electrons. The van der Waals surface area contributed by atoms with Crippen LogP contribution in [0.4, 0.5) is 0 Å². The first-order chi connectivity index (χ1) is 9.65. The van der Waals surface area contributed by atoms with Crippen molar-refractivity contribution in [1.29, 1.82) is 0 Å². The predicted octanol–water partition coefficient (Wildman–Crippen LogP) is 3.78. The van der Waals surface area contributed by atoms with E-state index < -0.39 is 11.6 Å². The normalized spacial score (nSPS) is 13.9. The lowest BCUT2D eigenvalue weighted by atomic mass is 9.95. The number of hydrogen-bond donors (Lipinski definition) is 0. The number of unbranched alkanes of at least 4 members (excludes halogenated alkanes) is 1. The van der Waals surface area contributed by atoms with Gasteiger partial charge in [-0.15, -0.1) is 0 Å². The van der Waals surface area contributed by atoms with E-state index in [1.807, 2.05) is 44.2 Å². The van der Waals surface area contributed by atoms with Crippen LogP contribution in [-0.4, -0.2) is 17.9 Å². The summed E-state index contributed by atoms with van der Waals surface area (Å²) < 4.78 is 5.37. The van der Waals surface area contributed by atoms with Crippen LogP contribution < -0.4 is 0 Å². The third kappa shape index (κ3) is 5.00. The Labute approximate surface area is 120 Å². The van der Waals surface area contributed by atoms with Crippen molar-refractivity contribution in [3.8, 4) is 0 Å². The van der Waals surface area contributed by atoms with E-state index in [2.05, 4.69) is 0 Å². The van der Waals surface area contributed by atoms with E-state index in [0.717, 1.165) is 24.7 Å². The van der Waals surface area contributed by atoms with Crippen molar-refractivity contribution in [2.45, 2.75) is 45.1 Å². The van der Waals surface area contributed by atoms with Crippen LogP contribution in [0.3, 0.4) is 0 Å². The summed E-state index contributed by atoms with van der Waals surface area (Å²) in [5.41, 5.74) is -0.0556. The Kier molecular flexibility index (Phi) is 6.71. The molecule has 0 saturated heterocycles. The average molecular weight is 274 g/mol. The number of carbonyl (C=O) groups is 2. The highest BCUT2D eigenvalue weighted by Gasteiger charge is 2.30. The zero-order valence-corrected chi connectivity index (χ0v) is 12.2. The molecule has 3 nitrogen and oxygen atoms in total. The molecule has 0 spiro atoms. The maximum absolute atomic E-state index is 11.8. The van der Waals surface area contributed by atoms with Crippen molar-refractivity contribution in [2.24, 2.45) is 0 Å². The zero-order valence-electron chi connectivity index (χ0n) is 12.2. The van der Waals surface area contributed by atoms with Gasteiger partial charge in [-0.05, 0) is 30.9 Å². The van der Waals surface area contributed by atoms with Crippen molar-refractivity contribution in [2.75, 3.05) is 0 Å². The lowest BCUT2D eigenvalue weighted by Gasteiger charge is -2.26. The van der Waals surface area contributed by atoms with Crippen molar-refractivity contribution in [3.63, 3.8) is 0 Å². The van der Waals surface area contributed by atoms with Crippen molar-refractivity contribution >= 4 is 18.3 Å². The molecule has 3 heteroatoms. The number of hydrogen-bond acceptors (Lipinski definition) is 3. The van der Waals surface area contributed by atoms with Crippen LogP contribution in [0, 0.1) is 0 Å². The number of esters is 1. The molecule has 108 valence electrons. The third-order valence-corrected chi connectivity index (χ3v) is 3.28. The number of carbonyl (C=O) groups excluding carboxylic acids is 2. The molecule has 0 saturated carbocycles. The molecule has 0 aliphatic heterocycles. The summed E-state index contributed by atoms with van der Waals surface area (Å²) in [4.78, 5) is 23.1. The molecule has 0 fully saturated rings. The standard InChI is InChI=1S/C17H22O3/c1-3-5-13-17(4-2,14-18)20-16(19)12-11-15-9-7-6-8-10-15/h6-12,14H,3-5,13H2,1-2H3/b12-11+. The minimum atomic E-state index is -0.978. The minimum Gasteiger partial charge on any atom is -0.448 e. The Hall–Kier alpha value is -1.90. The fraction of sp³-hybridized carbons (Fsp3) is 0.412. The Morgan fingerprint density at radius 1 is 1.25 bits per heavy atom.